The summed E-state index contributed by atoms with van der Waals surface area (Å²) in [5, 5.41) is 3.03. The van der Waals surface area contributed by atoms with E-state index in [1.54, 1.807) is 0 Å². The van der Waals surface area contributed by atoms with Crippen molar-refractivity contribution in [1.29, 1.82) is 0 Å². The van der Waals surface area contributed by atoms with Gasteiger partial charge in [0.25, 0.3) is 5.91 Å². The molecule has 0 saturated heterocycles. The standard InChI is InChI=1S/C25H25N3O2/c1-4-15-30-21-8-6-5-7-20(21)26-25(29)24-23(19-12-9-17(2)10-13-19)27-22-14-11-18(3)16-28(22)24/h5-14,16H,4,15H2,1-3H3,(H,26,29). The summed E-state index contributed by atoms with van der Waals surface area (Å²) in [4.78, 5) is 18.2. The molecule has 0 saturated carbocycles. The Bertz CT molecular complexity index is 1190. The molecule has 0 aliphatic heterocycles. The molecule has 1 N–H and O–H groups in total. The highest BCUT2D eigenvalue weighted by molar-refractivity contribution is 6.08. The van der Waals surface area contributed by atoms with Crippen LogP contribution in [0.5, 0.6) is 5.75 Å². The normalized spacial score (nSPS) is 10.9. The van der Waals surface area contributed by atoms with Crippen LogP contribution in [0.1, 0.15) is 35.0 Å². The second-order valence-corrected chi connectivity index (χ2v) is 7.41. The number of para-hydroxylation sites is 2. The van der Waals surface area contributed by atoms with Gasteiger partial charge in [-0.25, -0.2) is 4.98 Å². The number of amides is 1. The Kier molecular flexibility index (Phi) is 5.53. The fraction of sp³-hybridized carbons (Fsp3) is 0.200. The summed E-state index contributed by atoms with van der Waals surface area (Å²) in [5.74, 6) is 0.436. The first-order valence-corrected chi connectivity index (χ1v) is 10.2. The van der Waals surface area contributed by atoms with Gasteiger partial charge < -0.3 is 10.1 Å². The number of ether oxygens (including phenoxy) is 1. The van der Waals surface area contributed by atoms with Crippen molar-refractivity contribution in [3.05, 3.63) is 83.7 Å². The third kappa shape index (κ3) is 3.92. The molecule has 30 heavy (non-hydrogen) atoms. The maximum absolute atomic E-state index is 13.5. The van der Waals surface area contributed by atoms with E-state index in [9.17, 15) is 4.79 Å². The largest absolute Gasteiger partial charge is 0.491 e. The van der Waals surface area contributed by atoms with Crippen LogP contribution >= 0.6 is 0 Å². The van der Waals surface area contributed by atoms with Gasteiger partial charge in [0.05, 0.1) is 12.3 Å². The number of fused-ring (bicyclic) bond motifs is 1. The third-order valence-electron chi connectivity index (χ3n) is 4.90. The highest BCUT2D eigenvalue weighted by atomic mass is 16.5. The van der Waals surface area contributed by atoms with Crippen LogP contribution in [0.15, 0.2) is 66.9 Å². The highest BCUT2D eigenvalue weighted by Gasteiger charge is 2.22. The number of anilines is 1. The molecular weight excluding hydrogens is 374 g/mol. The van der Waals surface area contributed by atoms with Crippen molar-refractivity contribution in [3.63, 3.8) is 0 Å². The van der Waals surface area contributed by atoms with E-state index in [1.807, 2.05) is 85.1 Å². The molecule has 4 rings (SSSR count). The number of imidazole rings is 1. The Morgan fingerprint density at radius 3 is 2.50 bits per heavy atom. The highest BCUT2D eigenvalue weighted by Crippen LogP contribution is 2.29. The molecule has 0 radical (unpaired) electrons. The molecule has 0 unspecified atom stereocenters. The first-order chi connectivity index (χ1) is 14.6. The summed E-state index contributed by atoms with van der Waals surface area (Å²) in [5.41, 5.74) is 5.66. The number of nitrogens with zero attached hydrogens (tertiary/aromatic N) is 2. The number of carbonyl (C=O) groups is 1. The van der Waals surface area contributed by atoms with Gasteiger partial charge in [0.1, 0.15) is 22.8 Å². The van der Waals surface area contributed by atoms with Crippen molar-refractivity contribution >= 4 is 17.2 Å². The van der Waals surface area contributed by atoms with Crippen molar-refractivity contribution in [2.45, 2.75) is 27.2 Å². The lowest BCUT2D eigenvalue weighted by Gasteiger charge is -2.12. The predicted octanol–water partition coefficient (Wildman–Crippen LogP) is 5.66. The molecule has 0 bridgehead atoms. The number of nitrogens with one attached hydrogen (secondary N) is 1. The SMILES string of the molecule is CCCOc1ccccc1NC(=O)c1c(-c2ccc(C)cc2)nc2ccc(C)cn12. The smallest absolute Gasteiger partial charge is 0.275 e. The Labute approximate surface area is 176 Å². The lowest BCUT2D eigenvalue weighted by atomic mass is 10.1. The Morgan fingerprint density at radius 1 is 1.00 bits per heavy atom. The number of benzene rings is 2. The molecule has 5 nitrogen and oxygen atoms in total. The molecule has 1 amide bonds. The molecule has 2 aromatic heterocycles. The molecular formula is C25H25N3O2. The first-order valence-electron chi connectivity index (χ1n) is 10.2. The lowest BCUT2D eigenvalue weighted by molar-refractivity contribution is 0.102. The average molecular weight is 399 g/mol. The zero-order valence-corrected chi connectivity index (χ0v) is 17.5. The number of carbonyl (C=O) groups excluding carboxylic acids is 1. The van der Waals surface area contributed by atoms with Gasteiger partial charge in [0.15, 0.2) is 0 Å². The zero-order valence-electron chi connectivity index (χ0n) is 17.5. The van der Waals surface area contributed by atoms with Crippen LogP contribution in [0.3, 0.4) is 0 Å². The molecule has 5 heteroatoms. The number of rotatable bonds is 6. The number of aromatic nitrogens is 2. The van der Waals surface area contributed by atoms with E-state index in [1.165, 1.54) is 0 Å². The molecule has 0 spiro atoms. The summed E-state index contributed by atoms with van der Waals surface area (Å²) in [6, 6.07) is 19.5. The quantitative estimate of drug-likeness (QED) is 0.455. The van der Waals surface area contributed by atoms with E-state index < -0.39 is 0 Å². The molecule has 0 atom stereocenters. The van der Waals surface area contributed by atoms with E-state index in [2.05, 4.69) is 12.2 Å². The summed E-state index contributed by atoms with van der Waals surface area (Å²) in [7, 11) is 0. The molecule has 0 aliphatic rings. The molecule has 4 aromatic rings. The molecule has 0 aliphatic carbocycles. The van der Waals surface area contributed by atoms with Gasteiger partial charge in [0, 0.05) is 11.8 Å². The van der Waals surface area contributed by atoms with Crippen molar-refractivity contribution in [2.24, 2.45) is 0 Å². The minimum absolute atomic E-state index is 0.226. The first kappa shape index (κ1) is 19.7. The fourth-order valence-corrected chi connectivity index (χ4v) is 3.37. The fourth-order valence-electron chi connectivity index (χ4n) is 3.37. The summed E-state index contributed by atoms with van der Waals surface area (Å²) >= 11 is 0. The summed E-state index contributed by atoms with van der Waals surface area (Å²) < 4.78 is 7.66. The second-order valence-electron chi connectivity index (χ2n) is 7.41. The third-order valence-corrected chi connectivity index (χ3v) is 4.90. The van der Waals surface area contributed by atoms with Crippen molar-refractivity contribution < 1.29 is 9.53 Å². The number of hydrogen-bond acceptors (Lipinski definition) is 3. The van der Waals surface area contributed by atoms with Crippen LogP contribution in [0.25, 0.3) is 16.9 Å². The van der Waals surface area contributed by atoms with Gasteiger partial charge in [-0.2, -0.15) is 0 Å². The maximum atomic E-state index is 13.5. The van der Waals surface area contributed by atoms with Crippen molar-refractivity contribution in [2.75, 3.05) is 11.9 Å². The molecule has 2 heterocycles. The van der Waals surface area contributed by atoms with E-state index in [0.717, 1.165) is 28.8 Å². The molecule has 2 aromatic carbocycles. The second kappa shape index (κ2) is 8.41. The lowest BCUT2D eigenvalue weighted by Crippen LogP contribution is -2.16. The minimum atomic E-state index is -0.226. The monoisotopic (exact) mass is 399 g/mol. The predicted molar refractivity (Wildman–Crippen MR) is 120 cm³/mol. The van der Waals surface area contributed by atoms with E-state index >= 15 is 0 Å². The molecule has 152 valence electrons. The van der Waals surface area contributed by atoms with E-state index in [0.29, 0.717) is 29.4 Å². The van der Waals surface area contributed by atoms with Crippen molar-refractivity contribution in [1.82, 2.24) is 9.38 Å². The molecule has 0 fully saturated rings. The zero-order chi connectivity index (χ0) is 21.1. The van der Waals surface area contributed by atoms with Gasteiger partial charge >= 0.3 is 0 Å². The summed E-state index contributed by atoms with van der Waals surface area (Å²) in [6.07, 6.45) is 2.83. The van der Waals surface area contributed by atoms with E-state index in [-0.39, 0.29) is 5.91 Å². The van der Waals surface area contributed by atoms with Crippen molar-refractivity contribution in [3.8, 4) is 17.0 Å². The Hall–Kier alpha value is -3.60. The number of aryl methyl sites for hydroxylation is 2. The van der Waals surface area contributed by atoms with Crippen LogP contribution in [-0.4, -0.2) is 21.9 Å². The van der Waals surface area contributed by atoms with Gasteiger partial charge in [-0.05, 0) is 44.0 Å². The van der Waals surface area contributed by atoms with Crippen LogP contribution in [0.4, 0.5) is 5.69 Å². The summed E-state index contributed by atoms with van der Waals surface area (Å²) in [6.45, 7) is 6.68. The topological polar surface area (TPSA) is 55.6 Å². The van der Waals surface area contributed by atoms with Gasteiger partial charge in [-0.1, -0.05) is 55.0 Å². The minimum Gasteiger partial charge on any atom is -0.491 e. The van der Waals surface area contributed by atoms with Gasteiger partial charge in [-0.3, -0.25) is 9.20 Å². The maximum Gasteiger partial charge on any atom is 0.275 e. The van der Waals surface area contributed by atoms with E-state index in [4.69, 9.17) is 9.72 Å². The van der Waals surface area contributed by atoms with Crippen LogP contribution in [-0.2, 0) is 0 Å². The van der Waals surface area contributed by atoms with Crippen LogP contribution in [0.2, 0.25) is 0 Å². The van der Waals surface area contributed by atoms with Crippen LogP contribution < -0.4 is 10.1 Å². The number of hydrogen-bond donors (Lipinski definition) is 1. The number of pyridine rings is 1. The Balaban J connectivity index is 1.79. The van der Waals surface area contributed by atoms with Gasteiger partial charge in [0.2, 0.25) is 0 Å². The Morgan fingerprint density at radius 2 is 1.73 bits per heavy atom. The average Bonchev–Trinajstić information content (AvgIpc) is 3.12. The van der Waals surface area contributed by atoms with Crippen LogP contribution in [0, 0.1) is 13.8 Å². The van der Waals surface area contributed by atoms with Gasteiger partial charge in [-0.15, -0.1) is 0 Å².